The third-order valence-electron chi connectivity index (χ3n) is 4.17. The van der Waals surface area contributed by atoms with Gasteiger partial charge in [-0.2, -0.15) is 5.10 Å². The fraction of sp³-hybridized carbons (Fsp3) is 0.353. The SMILES string of the molecule is CN1N=CC(CSc2ccc(S(=O)(=O)Cc3ncccn3)cc2)C1CO. The zero-order chi connectivity index (χ0) is 18.6. The molecule has 1 aromatic carbocycles. The van der Waals surface area contributed by atoms with Crippen molar-refractivity contribution in [3.05, 3.63) is 48.5 Å². The van der Waals surface area contributed by atoms with E-state index >= 15 is 0 Å². The van der Waals surface area contributed by atoms with E-state index in [0.717, 1.165) is 10.6 Å². The van der Waals surface area contributed by atoms with Crippen molar-refractivity contribution in [3.8, 4) is 0 Å². The molecule has 1 aliphatic heterocycles. The number of hydrazone groups is 1. The van der Waals surface area contributed by atoms with Gasteiger partial charge < -0.3 is 5.11 Å². The van der Waals surface area contributed by atoms with Crippen LogP contribution in [0.2, 0.25) is 0 Å². The minimum atomic E-state index is -3.48. The Morgan fingerprint density at radius 2 is 1.88 bits per heavy atom. The smallest absolute Gasteiger partial charge is 0.185 e. The van der Waals surface area contributed by atoms with E-state index in [0.29, 0.717) is 0 Å². The molecule has 0 fully saturated rings. The molecule has 2 aromatic rings. The van der Waals surface area contributed by atoms with E-state index < -0.39 is 9.84 Å². The molecule has 0 saturated carbocycles. The van der Waals surface area contributed by atoms with E-state index in [1.807, 2.05) is 13.3 Å². The second-order valence-electron chi connectivity index (χ2n) is 5.96. The first-order chi connectivity index (χ1) is 12.5. The third-order valence-corrected chi connectivity index (χ3v) is 6.95. The van der Waals surface area contributed by atoms with Crippen LogP contribution in [0.3, 0.4) is 0 Å². The van der Waals surface area contributed by atoms with E-state index in [-0.39, 0.29) is 35.0 Å². The van der Waals surface area contributed by atoms with Gasteiger partial charge in [0, 0.05) is 42.2 Å². The monoisotopic (exact) mass is 392 g/mol. The Kier molecular flexibility index (Phi) is 5.90. The summed E-state index contributed by atoms with van der Waals surface area (Å²) in [5, 5.41) is 15.4. The number of rotatable bonds is 7. The number of hydrogen-bond acceptors (Lipinski definition) is 8. The Labute approximate surface area is 157 Å². The molecule has 138 valence electrons. The van der Waals surface area contributed by atoms with E-state index in [4.69, 9.17) is 0 Å². The number of aliphatic hydroxyl groups excluding tert-OH is 1. The van der Waals surface area contributed by atoms with Crippen molar-refractivity contribution in [1.29, 1.82) is 0 Å². The van der Waals surface area contributed by atoms with Crippen molar-refractivity contribution >= 4 is 27.8 Å². The summed E-state index contributed by atoms with van der Waals surface area (Å²) in [6.45, 7) is 0.0560. The van der Waals surface area contributed by atoms with Gasteiger partial charge in [-0.25, -0.2) is 18.4 Å². The fourth-order valence-electron chi connectivity index (χ4n) is 2.65. The molecule has 2 heterocycles. The highest BCUT2D eigenvalue weighted by Gasteiger charge is 2.27. The van der Waals surface area contributed by atoms with E-state index in [1.54, 1.807) is 47.1 Å². The first-order valence-electron chi connectivity index (χ1n) is 8.09. The Morgan fingerprint density at radius 1 is 1.19 bits per heavy atom. The van der Waals surface area contributed by atoms with Crippen LogP contribution in [-0.2, 0) is 15.6 Å². The number of benzene rings is 1. The van der Waals surface area contributed by atoms with Gasteiger partial charge in [0.2, 0.25) is 0 Å². The highest BCUT2D eigenvalue weighted by molar-refractivity contribution is 7.99. The average molecular weight is 393 g/mol. The van der Waals surface area contributed by atoms with Crippen molar-refractivity contribution in [1.82, 2.24) is 15.0 Å². The predicted molar refractivity (Wildman–Crippen MR) is 101 cm³/mol. The molecule has 0 radical (unpaired) electrons. The average Bonchev–Trinajstić information content (AvgIpc) is 3.00. The quantitative estimate of drug-likeness (QED) is 0.713. The number of likely N-dealkylation sites (N-methyl/N-ethyl adjacent to an activating group) is 1. The van der Waals surface area contributed by atoms with Crippen LogP contribution in [-0.4, -0.2) is 60.2 Å². The Morgan fingerprint density at radius 3 is 2.54 bits per heavy atom. The second kappa shape index (κ2) is 8.15. The van der Waals surface area contributed by atoms with Crippen LogP contribution < -0.4 is 0 Å². The molecule has 7 nitrogen and oxygen atoms in total. The first-order valence-corrected chi connectivity index (χ1v) is 10.7. The molecule has 0 amide bonds. The molecule has 0 bridgehead atoms. The van der Waals surface area contributed by atoms with Crippen molar-refractivity contribution in [2.75, 3.05) is 19.4 Å². The Bertz CT molecular complexity index is 857. The lowest BCUT2D eigenvalue weighted by molar-refractivity contribution is 0.149. The summed E-state index contributed by atoms with van der Waals surface area (Å²) >= 11 is 1.61. The normalized spacial score (nSPS) is 19.8. The van der Waals surface area contributed by atoms with Crippen LogP contribution in [0.4, 0.5) is 0 Å². The number of aromatic nitrogens is 2. The lowest BCUT2D eigenvalue weighted by Gasteiger charge is -2.21. The molecule has 1 aliphatic rings. The molecule has 3 rings (SSSR count). The maximum atomic E-state index is 12.5. The van der Waals surface area contributed by atoms with E-state index in [2.05, 4.69) is 15.1 Å². The molecule has 9 heteroatoms. The van der Waals surface area contributed by atoms with Gasteiger partial charge in [0.15, 0.2) is 9.84 Å². The van der Waals surface area contributed by atoms with Crippen LogP contribution >= 0.6 is 11.8 Å². The largest absolute Gasteiger partial charge is 0.394 e. The van der Waals surface area contributed by atoms with Crippen molar-refractivity contribution < 1.29 is 13.5 Å². The molecule has 1 N–H and O–H groups in total. The summed E-state index contributed by atoms with van der Waals surface area (Å²) in [4.78, 5) is 9.17. The highest BCUT2D eigenvalue weighted by atomic mass is 32.2. The van der Waals surface area contributed by atoms with Crippen LogP contribution in [0.15, 0.2) is 57.6 Å². The van der Waals surface area contributed by atoms with E-state index in [9.17, 15) is 13.5 Å². The van der Waals surface area contributed by atoms with Gasteiger partial charge in [0.05, 0.1) is 17.5 Å². The number of aliphatic hydroxyl groups is 1. The number of thioether (sulfide) groups is 1. The van der Waals surface area contributed by atoms with Gasteiger partial charge in [0.1, 0.15) is 11.6 Å². The minimum Gasteiger partial charge on any atom is -0.394 e. The fourth-order valence-corrected chi connectivity index (χ4v) is 4.88. The molecule has 2 unspecified atom stereocenters. The molecule has 1 aromatic heterocycles. The maximum absolute atomic E-state index is 12.5. The number of hydrogen-bond donors (Lipinski definition) is 1. The predicted octanol–water partition coefficient (Wildman–Crippen LogP) is 1.45. The number of nitrogens with zero attached hydrogens (tertiary/aromatic N) is 4. The summed E-state index contributed by atoms with van der Waals surface area (Å²) in [6.07, 6.45) is 4.91. The van der Waals surface area contributed by atoms with Gasteiger partial charge in [-0.05, 0) is 30.3 Å². The van der Waals surface area contributed by atoms with Crippen molar-refractivity contribution in [3.63, 3.8) is 0 Å². The van der Waals surface area contributed by atoms with Gasteiger partial charge in [-0.15, -0.1) is 11.8 Å². The molecule has 26 heavy (non-hydrogen) atoms. The molecule has 0 aliphatic carbocycles. The summed E-state index contributed by atoms with van der Waals surface area (Å²) in [5.41, 5.74) is 0. The van der Waals surface area contributed by atoms with Crippen LogP contribution in [0.5, 0.6) is 0 Å². The number of sulfone groups is 1. The zero-order valence-corrected chi connectivity index (χ0v) is 15.9. The zero-order valence-electron chi connectivity index (χ0n) is 14.3. The highest BCUT2D eigenvalue weighted by Crippen LogP contribution is 2.27. The first kappa shape index (κ1) is 18.8. The Hall–Kier alpha value is -1.97. The van der Waals surface area contributed by atoms with Crippen LogP contribution in [0.25, 0.3) is 0 Å². The van der Waals surface area contributed by atoms with E-state index in [1.165, 1.54) is 12.4 Å². The summed E-state index contributed by atoms with van der Waals surface area (Å²) < 4.78 is 24.9. The van der Waals surface area contributed by atoms with Crippen LogP contribution in [0, 0.1) is 5.92 Å². The topological polar surface area (TPSA) is 95.8 Å². The summed E-state index contributed by atoms with van der Waals surface area (Å²) in [5.74, 6) is 0.992. The second-order valence-corrected chi connectivity index (χ2v) is 9.04. The van der Waals surface area contributed by atoms with Crippen molar-refractivity contribution in [2.24, 2.45) is 11.0 Å². The summed E-state index contributed by atoms with van der Waals surface area (Å²) in [6, 6.07) is 8.46. The van der Waals surface area contributed by atoms with Crippen LogP contribution in [0.1, 0.15) is 5.82 Å². The Balaban J connectivity index is 1.62. The minimum absolute atomic E-state index is 0.00646. The maximum Gasteiger partial charge on any atom is 0.185 e. The van der Waals surface area contributed by atoms with Gasteiger partial charge >= 0.3 is 0 Å². The van der Waals surface area contributed by atoms with Gasteiger partial charge in [0.25, 0.3) is 0 Å². The molecule has 0 spiro atoms. The lowest BCUT2D eigenvalue weighted by atomic mass is 10.1. The standard InChI is InChI=1S/C17H20N4O3S2/c1-21-16(10-22)13(9-20-21)11-25-14-3-5-15(6-4-14)26(23,24)12-17-18-7-2-8-19-17/h2-9,13,16,22H,10-12H2,1H3. The van der Waals surface area contributed by atoms with Gasteiger partial charge in [-0.1, -0.05) is 0 Å². The van der Waals surface area contributed by atoms with Crippen molar-refractivity contribution in [2.45, 2.75) is 21.6 Å². The molecular formula is C17H20N4O3S2. The summed E-state index contributed by atoms with van der Waals surface area (Å²) in [7, 11) is -1.63. The molecular weight excluding hydrogens is 372 g/mol. The van der Waals surface area contributed by atoms with Gasteiger partial charge in [-0.3, -0.25) is 5.01 Å². The molecule has 2 atom stereocenters. The lowest BCUT2D eigenvalue weighted by Crippen LogP contribution is -2.34. The molecule has 0 saturated heterocycles. The third kappa shape index (κ3) is 4.40.